The average molecular weight is 562 g/mol. The Balaban J connectivity index is 1.45. The van der Waals surface area contributed by atoms with E-state index in [-0.39, 0.29) is 5.78 Å². The van der Waals surface area contributed by atoms with E-state index >= 15 is 0 Å². The van der Waals surface area contributed by atoms with Crippen LogP contribution < -0.4 is 0 Å². The Morgan fingerprint density at radius 2 is 1.09 bits per heavy atom. The van der Waals surface area contributed by atoms with E-state index in [4.69, 9.17) is 0 Å². The lowest BCUT2D eigenvalue weighted by Crippen LogP contribution is -1.99. The summed E-state index contributed by atoms with van der Waals surface area (Å²) in [7, 11) is 0. The molecule has 2 nitrogen and oxygen atoms in total. The molecule has 0 amide bonds. The van der Waals surface area contributed by atoms with E-state index in [1.54, 1.807) is 6.92 Å². The molecule has 0 atom stereocenters. The minimum atomic E-state index is 0.0708. The highest BCUT2D eigenvalue weighted by Gasteiger charge is 2.27. The van der Waals surface area contributed by atoms with Crippen LogP contribution >= 0.6 is 0 Å². The van der Waals surface area contributed by atoms with E-state index in [1.165, 1.54) is 60.4 Å². The van der Waals surface area contributed by atoms with Crippen LogP contribution in [0.3, 0.4) is 0 Å². The van der Waals surface area contributed by atoms with Crippen molar-refractivity contribution in [2.45, 2.75) is 6.92 Å². The smallest absolute Gasteiger partial charge is 0.160 e. The number of hydrogen-bond donors (Lipinski definition) is 0. The van der Waals surface area contributed by atoms with Gasteiger partial charge in [0.25, 0.3) is 0 Å². The fourth-order valence-electron chi connectivity index (χ4n) is 7.37. The van der Waals surface area contributed by atoms with Crippen LogP contribution in [-0.4, -0.2) is 10.4 Å². The number of fused-ring (bicyclic) bond motifs is 3. The Kier molecular flexibility index (Phi) is 5.30. The summed E-state index contributed by atoms with van der Waals surface area (Å²) >= 11 is 0. The van der Waals surface area contributed by atoms with E-state index in [0.29, 0.717) is 0 Å². The number of Topliss-reactive ketones (excluding diaryl/α,β-unsaturated/α-hetero) is 1. The fraction of sp³-hybridized carbons (Fsp3) is 0.0238. The normalized spacial score (nSPS) is 11.8. The van der Waals surface area contributed by atoms with Gasteiger partial charge in [0.2, 0.25) is 0 Å². The summed E-state index contributed by atoms with van der Waals surface area (Å²) in [5.74, 6) is 0.0708. The molecule has 0 saturated heterocycles. The van der Waals surface area contributed by atoms with Gasteiger partial charge in [0.15, 0.2) is 5.78 Å². The SMILES string of the molecule is CC(=O)c1ccccc1-c1ccc2c3c1-c1ccccc1-c1cccc4ccc(c3c14)n2-c1ccc(-c2ccccc2)cc1. The first-order valence-electron chi connectivity index (χ1n) is 15.1. The Morgan fingerprint density at radius 1 is 0.455 bits per heavy atom. The van der Waals surface area contributed by atoms with Crippen LogP contribution in [0.1, 0.15) is 17.3 Å². The average Bonchev–Trinajstić information content (AvgIpc) is 3.36. The van der Waals surface area contributed by atoms with Crippen LogP contribution in [-0.2, 0) is 0 Å². The maximum Gasteiger partial charge on any atom is 0.160 e. The molecule has 44 heavy (non-hydrogen) atoms. The van der Waals surface area contributed by atoms with E-state index in [0.717, 1.165) is 27.9 Å². The molecule has 0 unspecified atom stereocenters. The maximum absolute atomic E-state index is 12.9. The number of rotatable bonds is 4. The first-order valence-corrected chi connectivity index (χ1v) is 15.1. The molecule has 0 aliphatic heterocycles. The van der Waals surface area contributed by atoms with Crippen LogP contribution in [0.4, 0.5) is 0 Å². The molecule has 1 aromatic heterocycles. The summed E-state index contributed by atoms with van der Waals surface area (Å²) in [5.41, 5.74) is 13.5. The standard InChI is InChI=1S/C42H27NO/c1-26(44)31-13-5-6-14-32(31)36-23-25-38-42-40(36)35-16-8-7-15-33(35)34-17-9-12-29-20-24-37(41(42)39(29)34)43(38)30-21-18-28(19-22-30)27-10-3-2-4-11-27/h2-25H,1H3. The summed E-state index contributed by atoms with van der Waals surface area (Å²) in [6, 6.07) is 51.8. The second-order valence-electron chi connectivity index (χ2n) is 11.6. The van der Waals surface area contributed by atoms with Gasteiger partial charge in [-0.3, -0.25) is 4.79 Å². The zero-order valence-corrected chi connectivity index (χ0v) is 24.2. The second kappa shape index (κ2) is 9.39. The van der Waals surface area contributed by atoms with Crippen molar-refractivity contribution in [3.63, 3.8) is 0 Å². The predicted octanol–water partition coefficient (Wildman–Crippen LogP) is 11.1. The molecular formula is C42H27NO. The van der Waals surface area contributed by atoms with Crippen molar-refractivity contribution >= 4 is 38.4 Å². The number of aromatic nitrogens is 1. The predicted molar refractivity (Wildman–Crippen MR) is 184 cm³/mol. The molecule has 0 bridgehead atoms. The lowest BCUT2D eigenvalue weighted by molar-refractivity contribution is 0.101. The number of carbonyl (C=O) groups excluding carboxylic acids is 1. The van der Waals surface area contributed by atoms with Gasteiger partial charge in [-0.1, -0.05) is 121 Å². The van der Waals surface area contributed by atoms with E-state index in [9.17, 15) is 4.79 Å². The van der Waals surface area contributed by atoms with Crippen molar-refractivity contribution in [1.29, 1.82) is 0 Å². The molecule has 7 aromatic carbocycles. The Labute approximate surface area is 255 Å². The van der Waals surface area contributed by atoms with Gasteiger partial charge in [-0.15, -0.1) is 0 Å². The van der Waals surface area contributed by atoms with Gasteiger partial charge in [-0.05, 0) is 80.9 Å². The topological polar surface area (TPSA) is 22.0 Å². The summed E-state index contributed by atoms with van der Waals surface area (Å²) < 4.78 is 2.41. The summed E-state index contributed by atoms with van der Waals surface area (Å²) in [6.07, 6.45) is 0. The minimum absolute atomic E-state index is 0.0708. The number of nitrogens with zero attached hydrogens (tertiary/aromatic N) is 1. The molecule has 1 aliphatic carbocycles. The van der Waals surface area contributed by atoms with Gasteiger partial charge < -0.3 is 4.57 Å². The highest BCUT2D eigenvalue weighted by Crippen LogP contribution is 2.52. The van der Waals surface area contributed by atoms with Gasteiger partial charge >= 0.3 is 0 Å². The molecule has 0 radical (unpaired) electrons. The maximum atomic E-state index is 12.9. The molecule has 0 fully saturated rings. The molecule has 1 aliphatic rings. The van der Waals surface area contributed by atoms with Crippen molar-refractivity contribution in [2.75, 3.05) is 0 Å². The minimum Gasteiger partial charge on any atom is -0.309 e. The van der Waals surface area contributed by atoms with Gasteiger partial charge in [-0.2, -0.15) is 0 Å². The van der Waals surface area contributed by atoms with Gasteiger partial charge in [-0.25, -0.2) is 0 Å². The van der Waals surface area contributed by atoms with Crippen molar-refractivity contribution in [1.82, 2.24) is 4.57 Å². The zero-order chi connectivity index (χ0) is 29.4. The quantitative estimate of drug-likeness (QED) is 0.196. The van der Waals surface area contributed by atoms with E-state index < -0.39 is 0 Å². The van der Waals surface area contributed by atoms with Crippen LogP contribution in [0.2, 0.25) is 0 Å². The third-order valence-corrected chi connectivity index (χ3v) is 9.25. The molecule has 206 valence electrons. The Morgan fingerprint density at radius 3 is 1.89 bits per heavy atom. The molecule has 1 heterocycles. The van der Waals surface area contributed by atoms with Gasteiger partial charge in [0.05, 0.1) is 11.0 Å². The molecule has 8 aromatic rings. The summed E-state index contributed by atoms with van der Waals surface area (Å²) in [6.45, 7) is 1.66. The second-order valence-corrected chi connectivity index (χ2v) is 11.6. The number of carbonyl (C=O) groups is 1. The number of hydrogen-bond acceptors (Lipinski definition) is 1. The fourth-order valence-corrected chi connectivity index (χ4v) is 7.37. The summed E-state index contributed by atoms with van der Waals surface area (Å²) in [5, 5.41) is 4.99. The lowest BCUT2D eigenvalue weighted by Gasteiger charge is -2.18. The van der Waals surface area contributed by atoms with Gasteiger partial charge in [0, 0.05) is 27.6 Å². The number of benzene rings is 7. The molecule has 9 rings (SSSR count). The van der Waals surface area contributed by atoms with Crippen molar-refractivity contribution in [3.05, 3.63) is 151 Å². The molecule has 2 heteroatoms. The third-order valence-electron chi connectivity index (χ3n) is 9.25. The third kappa shape index (κ3) is 3.46. The number of ketones is 1. The molecule has 0 spiro atoms. The molecule has 0 N–H and O–H groups in total. The van der Waals surface area contributed by atoms with Crippen LogP contribution in [0, 0.1) is 0 Å². The van der Waals surface area contributed by atoms with Crippen molar-refractivity contribution in [2.24, 2.45) is 0 Å². The highest BCUT2D eigenvalue weighted by atomic mass is 16.1. The summed E-state index contributed by atoms with van der Waals surface area (Å²) in [4.78, 5) is 12.9. The Hall–Kier alpha value is -5.73. The zero-order valence-electron chi connectivity index (χ0n) is 24.2. The Bertz CT molecular complexity index is 2450. The van der Waals surface area contributed by atoms with Crippen molar-refractivity contribution < 1.29 is 4.79 Å². The monoisotopic (exact) mass is 561 g/mol. The van der Waals surface area contributed by atoms with E-state index in [2.05, 4.69) is 132 Å². The first kappa shape index (κ1) is 24.8. The lowest BCUT2D eigenvalue weighted by atomic mass is 9.86. The van der Waals surface area contributed by atoms with E-state index in [1.807, 2.05) is 18.2 Å². The van der Waals surface area contributed by atoms with Crippen LogP contribution in [0.5, 0.6) is 0 Å². The molecular weight excluding hydrogens is 534 g/mol. The van der Waals surface area contributed by atoms with Crippen molar-refractivity contribution in [3.8, 4) is 50.2 Å². The van der Waals surface area contributed by atoms with Crippen LogP contribution in [0.15, 0.2) is 146 Å². The largest absolute Gasteiger partial charge is 0.309 e. The molecule has 0 saturated carbocycles. The first-order chi connectivity index (χ1) is 21.7. The van der Waals surface area contributed by atoms with Crippen LogP contribution in [0.25, 0.3) is 82.8 Å². The highest BCUT2D eigenvalue weighted by molar-refractivity contribution is 6.32. The van der Waals surface area contributed by atoms with Gasteiger partial charge in [0.1, 0.15) is 0 Å².